The Morgan fingerprint density at radius 2 is 1.77 bits per heavy atom. The average Bonchev–Trinajstić information content (AvgIpc) is 3.66. The summed E-state index contributed by atoms with van der Waals surface area (Å²) in [4.78, 5) is 7.16. The van der Waals surface area contributed by atoms with Crippen molar-refractivity contribution in [3.05, 3.63) is 46.8 Å². The number of thioether (sulfide) groups is 1. The van der Waals surface area contributed by atoms with Gasteiger partial charge in [-0.2, -0.15) is 5.26 Å². The van der Waals surface area contributed by atoms with Crippen molar-refractivity contribution in [1.82, 2.24) is 20.4 Å². The molecular formula is C29H42Cl3N5O2S. The van der Waals surface area contributed by atoms with Crippen LogP contribution in [0.4, 0.5) is 0 Å². The molecule has 1 aliphatic heterocycles. The molecule has 0 bridgehead atoms. The zero-order chi connectivity index (χ0) is 26.2. The van der Waals surface area contributed by atoms with Gasteiger partial charge >= 0.3 is 0 Å². The lowest BCUT2D eigenvalue weighted by atomic mass is 9.91. The molecule has 1 saturated carbocycles. The number of rotatable bonds is 9. The minimum absolute atomic E-state index is 0. The van der Waals surface area contributed by atoms with Crippen LogP contribution in [0.1, 0.15) is 54.6 Å². The Balaban J connectivity index is 0.00000128. The number of aryl methyl sites for hydroxylation is 2. The normalized spacial score (nSPS) is 15.1. The van der Waals surface area contributed by atoms with Crippen LogP contribution in [0.25, 0.3) is 11.0 Å². The summed E-state index contributed by atoms with van der Waals surface area (Å²) in [6, 6.07) is 10.3. The van der Waals surface area contributed by atoms with E-state index in [0.717, 1.165) is 83.7 Å². The molecule has 11 heteroatoms. The summed E-state index contributed by atoms with van der Waals surface area (Å²) in [7, 11) is 3.75. The van der Waals surface area contributed by atoms with Gasteiger partial charge in [0, 0.05) is 17.5 Å². The molecule has 3 heterocycles. The number of nitriles is 1. The first kappa shape index (κ1) is 36.3. The number of aromatic nitrogens is 2. The van der Waals surface area contributed by atoms with E-state index in [1.165, 1.54) is 37.4 Å². The summed E-state index contributed by atoms with van der Waals surface area (Å²) in [6.45, 7) is 5.90. The topological polar surface area (TPSA) is 87.2 Å². The van der Waals surface area contributed by atoms with Gasteiger partial charge in [-0.3, -0.25) is 4.90 Å². The Kier molecular flexibility index (Phi) is 16.3. The molecule has 2 aromatic heterocycles. The standard InChI is InChI=1S/C27H32N4O2S.C2H7N.3ClH/c1-18-25(32-17-20-3-4-20)10-8-23-24(30-33-26(18)23)9-5-19-11-13-31(14-12-19)16-22-7-6-21(15-28)27(29-22)34-2;1-3-2;;;/h6-8,10,19-20H,3-5,9,11-14,16-17H2,1-2H3;3H,1-2H3;3*1H. The van der Waals surface area contributed by atoms with E-state index in [1.54, 1.807) is 0 Å². The van der Waals surface area contributed by atoms with Crippen LogP contribution in [-0.4, -0.2) is 55.1 Å². The van der Waals surface area contributed by atoms with Crippen molar-refractivity contribution < 1.29 is 9.26 Å². The molecule has 7 nitrogen and oxygen atoms in total. The second-order valence-electron chi connectivity index (χ2n) is 10.2. The second-order valence-corrected chi connectivity index (χ2v) is 11.0. The largest absolute Gasteiger partial charge is 0.493 e. The molecule has 1 saturated heterocycles. The number of piperidine rings is 1. The molecule has 3 aromatic rings. The molecule has 5 rings (SSSR count). The molecule has 0 spiro atoms. The first-order chi connectivity index (χ1) is 18.1. The molecular weight excluding hydrogens is 589 g/mol. The fourth-order valence-corrected chi connectivity index (χ4v) is 5.35. The predicted octanol–water partition coefficient (Wildman–Crippen LogP) is 6.86. The third-order valence-electron chi connectivity index (χ3n) is 7.20. The first-order valence-corrected chi connectivity index (χ1v) is 14.5. The zero-order valence-corrected chi connectivity index (χ0v) is 27.0. The minimum atomic E-state index is 0. The molecule has 1 N–H and O–H groups in total. The van der Waals surface area contributed by atoms with Crippen molar-refractivity contribution in [2.75, 3.05) is 40.0 Å². The highest BCUT2D eigenvalue weighted by Gasteiger charge is 2.24. The molecule has 40 heavy (non-hydrogen) atoms. The van der Waals surface area contributed by atoms with E-state index in [-0.39, 0.29) is 37.2 Å². The molecule has 2 fully saturated rings. The fourth-order valence-electron chi connectivity index (χ4n) is 4.81. The Morgan fingerprint density at radius 1 is 1.07 bits per heavy atom. The third-order valence-corrected chi connectivity index (χ3v) is 7.90. The van der Waals surface area contributed by atoms with Gasteiger partial charge in [-0.1, -0.05) is 5.16 Å². The van der Waals surface area contributed by atoms with Crippen LogP contribution in [0.5, 0.6) is 5.75 Å². The fraction of sp³-hybridized carbons (Fsp3) is 0.552. The average molecular weight is 631 g/mol. The summed E-state index contributed by atoms with van der Waals surface area (Å²) in [5.41, 5.74) is 4.71. The van der Waals surface area contributed by atoms with E-state index >= 15 is 0 Å². The number of hydrogen-bond acceptors (Lipinski definition) is 8. The quantitative estimate of drug-likeness (QED) is 0.257. The first-order valence-electron chi connectivity index (χ1n) is 13.3. The Hall–Kier alpha value is -1.73. The lowest BCUT2D eigenvalue weighted by molar-refractivity contribution is 0.170. The lowest BCUT2D eigenvalue weighted by Crippen LogP contribution is -2.33. The number of hydrogen-bond donors (Lipinski definition) is 1. The van der Waals surface area contributed by atoms with Crippen LogP contribution in [0.2, 0.25) is 0 Å². The summed E-state index contributed by atoms with van der Waals surface area (Å²) in [5.74, 6) is 2.37. The molecule has 0 unspecified atom stereocenters. The second kappa shape index (κ2) is 17.9. The van der Waals surface area contributed by atoms with E-state index < -0.39 is 0 Å². The Labute approximate surface area is 261 Å². The number of likely N-dealkylation sites (tertiary alicyclic amines) is 1. The summed E-state index contributed by atoms with van der Waals surface area (Å²) in [5, 5.41) is 18.3. The highest BCUT2D eigenvalue weighted by atomic mass is 35.5. The molecule has 0 amide bonds. The van der Waals surface area contributed by atoms with Gasteiger partial charge in [0.1, 0.15) is 16.8 Å². The van der Waals surface area contributed by atoms with E-state index in [0.29, 0.717) is 11.5 Å². The summed E-state index contributed by atoms with van der Waals surface area (Å²) < 4.78 is 11.7. The van der Waals surface area contributed by atoms with Crippen LogP contribution in [0.3, 0.4) is 0 Å². The van der Waals surface area contributed by atoms with Crippen molar-refractivity contribution in [3.63, 3.8) is 0 Å². The van der Waals surface area contributed by atoms with Crippen LogP contribution in [-0.2, 0) is 13.0 Å². The van der Waals surface area contributed by atoms with E-state index in [1.807, 2.05) is 32.5 Å². The van der Waals surface area contributed by atoms with Gasteiger partial charge < -0.3 is 14.6 Å². The third kappa shape index (κ3) is 9.68. The van der Waals surface area contributed by atoms with Gasteiger partial charge in [-0.25, -0.2) is 4.98 Å². The Morgan fingerprint density at radius 3 is 2.40 bits per heavy atom. The van der Waals surface area contributed by atoms with Crippen molar-refractivity contribution in [2.24, 2.45) is 11.8 Å². The molecule has 2 aliphatic rings. The smallest absolute Gasteiger partial charge is 0.173 e. The van der Waals surface area contributed by atoms with Crippen molar-refractivity contribution in [3.8, 4) is 11.8 Å². The number of nitrogens with one attached hydrogen (secondary N) is 1. The number of pyridine rings is 1. The number of benzene rings is 1. The molecule has 1 aromatic carbocycles. The maximum absolute atomic E-state index is 9.21. The van der Waals surface area contributed by atoms with Crippen LogP contribution in [0, 0.1) is 30.1 Å². The van der Waals surface area contributed by atoms with E-state index in [4.69, 9.17) is 9.26 Å². The van der Waals surface area contributed by atoms with E-state index in [2.05, 4.69) is 45.5 Å². The highest BCUT2D eigenvalue weighted by molar-refractivity contribution is 7.98. The van der Waals surface area contributed by atoms with Crippen LogP contribution >= 0.6 is 49.0 Å². The number of nitrogens with zero attached hydrogens (tertiary/aromatic N) is 4. The van der Waals surface area contributed by atoms with Crippen molar-refractivity contribution in [2.45, 2.75) is 57.0 Å². The number of fused-ring (bicyclic) bond motifs is 1. The maximum atomic E-state index is 9.21. The zero-order valence-electron chi connectivity index (χ0n) is 23.8. The highest BCUT2D eigenvalue weighted by Crippen LogP contribution is 2.34. The van der Waals surface area contributed by atoms with Gasteiger partial charge in [0.25, 0.3) is 0 Å². The lowest BCUT2D eigenvalue weighted by Gasteiger charge is -2.31. The van der Waals surface area contributed by atoms with Crippen molar-refractivity contribution in [1.29, 1.82) is 5.26 Å². The summed E-state index contributed by atoms with van der Waals surface area (Å²) in [6.07, 6.45) is 9.03. The van der Waals surface area contributed by atoms with Gasteiger partial charge in [0.2, 0.25) is 0 Å². The Bertz CT molecular complexity index is 1220. The monoisotopic (exact) mass is 629 g/mol. The van der Waals surface area contributed by atoms with E-state index in [9.17, 15) is 5.26 Å². The van der Waals surface area contributed by atoms with Crippen LogP contribution in [0.15, 0.2) is 33.8 Å². The molecule has 0 atom stereocenters. The number of ether oxygens (including phenoxy) is 1. The molecule has 1 aliphatic carbocycles. The summed E-state index contributed by atoms with van der Waals surface area (Å²) >= 11 is 1.54. The maximum Gasteiger partial charge on any atom is 0.173 e. The molecule has 222 valence electrons. The van der Waals surface area contributed by atoms with Gasteiger partial charge in [0.05, 0.1) is 23.6 Å². The molecule has 0 radical (unpaired) electrons. The van der Waals surface area contributed by atoms with Gasteiger partial charge in [-0.15, -0.1) is 49.0 Å². The van der Waals surface area contributed by atoms with Crippen LogP contribution < -0.4 is 10.1 Å². The van der Waals surface area contributed by atoms with Gasteiger partial charge in [0.15, 0.2) is 5.58 Å². The SMILES string of the molecule is CNC.CSc1nc(CN2CCC(CCc3noc4c(C)c(OCC5CC5)ccc34)CC2)ccc1C#N.Cl.Cl.Cl. The minimum Gasteiger partial charge on any atom is -0.493 e. The van der Waals surface area contributed by atoms with Crippen molar-refractivity contribution >= 4 is 60.0 Å². The predicted molar refractivity (Wildman–Crippen MR) is 171 cm³/mol. The number of halogens is 3. The van der Waals surface area contributed by atoms with Gasteiger partial charge in [-0.05, 0) is 115 Å².